The van der Waals surface area contributed by atoms with Crippen molar-refractivity contribution in [3.05, 3.63) is 5.89 Å². The number of aromatic nitrogens is 2. The van der Waals surface area contributed by atoms with Crippen molar-refractivity contribution < 1.29 is 9.21 Å². The fraction of sp³-hybridized carbons (Fsp3) is 0.667. The molecule has 3 N–H and O–H groups in total. The Hall–Kier alpha value is -1.43. The summed E-state index contributed by atoms with van der Waals surface area (Å²) in [6.45, 7) is 1.67. The van der Waals surface area contributed by atoms with Gasteiger partial charge in [-0.1, -0.05) is 5.10 Å². The largest absolute Gasteiger partial charge is 0.408 e. The predicted octanol–water partition coefficient (Wildman–Crippen LogP) is 0.444. The van der Waals surface area contributed by atoms with Gasteiger partial charge in [-0.15, -0.1) is 5.10 Å². The number of aryl methyl sites for hydroxylation is 1. The van der Waals surface area contributed by atoms with E-state index < -0.39 is 0 Å². The van der Waals surface area contributed by atoms with E-state index in [2.05, 4.69) is 15.5 Å². The number of anilines is 1. The predicted molar refractivity (Wildman–Crippen MR) is 53.0 cm³/mol. The molecule has 0 aliphatic heterocycles. The van der Waals surface area contributed by atoms with Gasteiger partial charge in [0.1, 0.15) is 0 Å². The molecule has 1 heterocycles. The maximum absolute atomic E-state index is 11.7. The molecule has 1 amide bonds. The Morgan fingerprint density at radius 1 is 1.53 bits per heavy atom. The normalized spacial score (nSPS) is 25.5. The van der Waals surface area contributed by atoms with Crippen molar-refractivity contribution in [2.24, 2.45) is 11.7 Å². The molecule has 0 bridgehead atoms. The highest BCUT2D eigenvalue weighted by molar-refractivity contribution is 5.90. The fourth-order valence-corrected chi connectivity index (χ4v) is 1.81. The highest BCUT2D eigenvalue weighted by Crippen LogP contribution is 2.25. The van der Waals surface area contributed by atoms with Crippen LogP contribution in [0, 0.1) is 12.8 Å². The zero-order valence-electron chi connectivity index (χ0n) is 8.56. The van der Waals surface area contributed by atoms with Gasteiger partial charge in [-0.25, -0.2) is 0 Å². The molecule has 0 radical (unpaired) electrons. The van der Waals surface area contributed by atoms with Crippen LogP contribution in [0.1, 0.15) is 25.2 Å². The van der Waals surface area contributed by atoms with Crippen LogP contribution in [0.4, 0.5) is 6.01 Å². The maximum atomic E-state index is 11.7. The van der Waals surface area contributed by atoms with E-state index in [1.54, 1.807) is 6.92 Å². The Balaban J connectivity index is 1.92. The molecule has 6 heteroatoms. The van der Waals surface area contributed by atoms with Crippen LogP contribution in [0.5, 0.6) is 0 Å². The first-order chi connectivity index (χ1) is 7.15. The smallest absolute Gasteiger partial charge is 0.322 e. The van der Waals surface area contributed by atoms with Crippen LogP contribution in [0.25, 0.3) is 0 Å². The second-order valence-electron chi connectivity index (χ2n) is 3.89. The summed E-state index contributed by atoms with van der Waals surface area (Å²) in [5.74, 6) is 0.340. The van der Waals surface area contributed by atoms with Crippen LogP contribution in [0.15, 0.2) is 4.42 Å². The second-order valence-corrected chi connectivity index (χ2v) is 3.89. The number of hydrogen-bond acceptors (Lipinski definition) is 5. The van der Waals surface area contributed by atoms with Crippen molar-refractivity contribution in [3.63, 3.8) is 0 Å². The van der Waals surface area contributed by atoms with Gasteiger partial charge in [-0.3, -0.25) is 10.1 Å². The number of carbonyl (C=O) groups excluding carboxylic acids is 1. The lowest BCUT2D eigenvalue weighted by molar-refractivity contribution is -0.119. The molecule has 1 aliphatic rings. The van der Waals surface area contributed by atoms with Crippen molar-refractivity contribution in [1.29, 1.82) is 0 Å². The third-order valence-corrected chi connectivity index (χ3v) is 2.60. The van der Waals surface area contributed by atoms with Crippen LogP contribution < -0.4 is 11.1 Å². The molecule has 2 rings (SSSR count). The number of carbonyl (C=O) groups is 1. The van der Waals surface area contributed by atoms with Crippen LogP contribution in [0.3, 0.4) is 0 Å². The van der Waals surface area contributed by atoms with Gasteiger partial charge in [0.15, 0.2) is 0 Å². The second kappa shape index (κ2) is 3.98. The minimum absolute atomic E-state index is 0.0211. The van der Waals surface area contributed by atoms with Gasteiger partial charge in [0, 0.05) is 18.9 Å². The van der Waals surface area contributed by atoms with Gasteiger partial charge < -0.3 is 10.2 Å². The molecule has 2 unspecified atom stereocenters. The number of amides is 1. The molecule has 0 spiro atoms. The quantitative estimate of drug-likeness (QED) is 0.738. The summed E-state index contributed by atoms with van der Waals surface area (Å²) in [7, 11) is 0. The van der Waals surface area contributed by atoms with E-state index in [-0.39, 0.29) is 23.9 Å². The number of rotatable bonds is 2. The summed E-state index contributed by atoms with van der Waals surface area (Å²) in [6, 6.07) is 0.308. The minimum Gasteiger partial charge on any atom is -0.408 e. The van der Waals surface area contributed by atoms with Gasteiger partial charge in [0.25, 0.3) is 0 Å². The van der Waals surface area contributed by atoms with E-state index >= 15 is 0 Å². The average Bonchev–Trinajstić information content (AvgIpc) is 2.75. The molecule has 0 saturated heterocycles. The molecule has 1 aliphatic carbocycles. The molecular weight excluding hydrogens is 196 g/mol. The first-order valence-electron chi connectivity index (χ1n) is 5.01. The Bertz CT molecular complexity index is 363. The minimum atomic E-state index is -0.0772. The van der Waals surface area contributed by atoms with E-state index in [1.807, 2.05) is 0 Å². The van der Waals surface area contributed by atoms with E-state index in [0.717, 1.165) is 19.3 Å². The van der Waals surface area contributed by atoms with Gasteiger partial charge in [0.05, 0.1) is 0 Å². The lowest BCUT2D eigenvalue weighted by Gasteiger charge is -2.06. The number of nitrogens with two attached hydrogens (primary N) is 1. The van der Waals surface area contributed by atoms with Gasteiger partial charge in [0.2, 0.25) is 11.8 Å². The van der Waals surface area contributed by atoms with Gasteiger partial charge in [-0.2, -0.15) is 0 Å². The highest BCUT2D eigenvalue weighted by Gasteiger charge is 2.28. The maximum Gasteiger partial charge on any atom is 0.322 e. The topological polar surface area (TPSA) is 94.0 Å². The molecule has 1 aromatic heterocycles. The standard InChI is InChI=1S/C9H14N4O2/c1-5-12-13-9(15-5)11-8(14)6-2-3-7(10)4-6/h6-7H,2-4,10H2,1H3,(H,11,13,14). The summed E-state index contributed by atoms with van der Waals surface area (Å²) in [5.41, 5.74) is 5.73. The Morgan fingerprint density at radius 2 is 2.33 bits per heavy atom. The lowest BCUT2D eigenvalue weighted by Crippen LogP contribution is -2.23. The molecule has 2 atom stereocenters. The summed E-state index contributed by atoms with van der Waals surface area (Å²) in [4.78, 5) is 11.7. The molecule has 1 saturated carbocycles. The molecule has 1 aromatic rings. The van der Waals surface area contributed by atoms with E-state index in [0.29, 0.717) is 5.89 Å². The Kier molecular flexibility index (Phi) is 2.68. The van der Waals surface area contributed by atoms with Crippen molar-refractivity contribution in [2.45, 2.75) is 32.2 Å². The average molecular weight is 210 g/mol. The first kappa shape index (κ1) is 10.1. The highest BCUT2D eigenvalue weighted by atomic mass is 16.4. The van der Waals surface area contributed by atoms with Crippen molar-refractivity contribution >= 4 is 11.9 Å². The summed E-state index contributed by atoms with van der Waals surface area (Å²) in [6.07, 6.45) is 2.47. The lowest BCUT2D eigenvalue weighted by atomic mass is 10.1. The van der Waals surface area contributed by atoms with Crippen molar-refractivity contribution in [3.8, 4) is 0 Å². The SMILES string of the molecule is Cc1nnc(NC(=O)C2CCC(N)C2)o1. The van der Waals surface area contributed by atoms with Crippen LogP contribution in [-0.2, 0) is 4.79 Å². The van der Waals surface area contributed by atoms with Crippen molar-refractivity contribution in [2.75, 3.05) is 5.32 Å². The molecule has 6 nitrogen and oxygen atoms in total. The van der Waals surface area contributed by atoms with Crippen LogP contribution >= 0.6 is 0 Å². The summed E-state index contributed by atoms with van der Waals surface area (Å²) < 4.78 is 5.06. The van der Waals surface area contributed by atoms with E-state index in [4.69, 9.17) is 10.2 Å². The van der Waals surface area contributed by atoms with E-state index in [1.165, 1.54) is 0 Å². The molecule has 1 fully saturated rings. The van der Waals surface area contributed by atoms with Gasteiger partial charge in [-0.05, 0) is 19.3 Å². The number of nitrogens with zero attached hydrogens (tertiary/aromatic N) is 2. The first-order valence-corrected chi connectivity index (χ1v) is 5.01. The van der Waals surface area contributed by atoms with Crippen LogP contribution in [-0.4, -0.2) is 22.1 Å². The Labute approximate surface area is 87.2 Å². The summed E-state index contributed by atoms with van der Waals surface area (Å²) in [5, 5.41) is 9.91. The molecule has 15 heavy (non-hydrogen) atoms. The molecule has 82 valence electrons. The third kappa shape index (κ3) is 2.33. The van der Waals surface area contributed by atoms with Crippen LogP contribution in [0.2, 0.25) is 0 Å². The van der Waals surface area contributed by atoms with Gasteiger partial charge >= 0.3 is 6.01 Å². The Morgan fingerprint density at radius 3 is 2.87 bits per heavy atom. The fourth-order valence-electron chi connectivity index (χ4n) is 1.81. The third-order valence-electron chi connectivity index (χ3n) is 2.60. The van der Waals surface area contributed by atoms with E-state index in [9.17, 15) is 4.79 Å². The zero-order chi connectivity index (χ0) is 10.8. The molecular formula is C9H14N4O2. The zero-order valence-corrected chi connectivity index (χ0v) is 8.56. The summed E-state index contributed by atoms with van der Waals surface area (Å²) >= 11 is 0. The monoisotopic (exact) mass is 210 g/mol. The molecule has 0 aromatic carbocycles. The number of hydrogen-bond donors (Lipinski definition) is 2. The van der Waals surface area contributed by atoms with Crippen molar-refractivity contribution in [1.82, 2.24) is 10.2 Å². The number of nitrogens with one attached hydrogen (secondary N) is 1.